The summed E-state index contributed by atoms with van der Waals surface area (Å²) < 4.78 is 44.6. The number of nitrogens with two attached hydrogens (primary N) is 1. The first-order chi connectivity index (χ1) is 8.31. The summed E-state index contributed by atoms with van der Waals surface area (Å²) in [6.45, 7) is -0.0602. The summed E-state index contributed by atoms with van der Waals surface area (Å²) in [7, 11) is 0. The SMILES string of the molecule is NCC(O)COc1ccc(OC(F)(F)F)c(Cl)c1. The van der Waals surface area contributed by atoms with Crippen LogP contribution in [0.3, 0.4) is 0 Å². The van der Waals surface area contributed by atoms with E-state index in [9.17, 15) is 13.2 Å². The van der Waals surface area contributed by atoms with Gasteiger partial charge in [0.05, 0.1) is 5.02 Å². The molecule has 1 unspecified atom stereocenters. The number of benzene rings is 1. The van der Waals surface area contributed by atoms with Crippen LogP contribution in [0.25, 0.3) is 0 Å². The Morgan fingerprint density at radius 3 is 2.56 bits per heavy atom. The second-order valence-corrected chi connectivity index (χ2v) is 3.75. The van der Waals surface area contributed by atoms with Crippen molar-refractivity contribution in [2.24, 2.45) is 5.73 Å². The van der Waals surface area contributed by atoms with Crippen molar-refractivity contribution in [2.45, 2.75) is 12.5 Å². The van der Waals surface area contributed by atoms with E-state index in [1.165, 1.54) is 6.07 Å². The quantitative estimate of drug-likeness (QED) is 0.868. The Hall–Kier alpha value is -1.18. The van der Waals surface area contributed by atoms with E-state index >= 15 is 0 Å². The molecule has 1 aromatic rings. The molecule has 0 bridgehead atoms. The summed E-state index contributed by atoms with van der Waals surface area (Å²) in [6.07, 6.45) is -5.66. The highest BCUT2D eigenvalue weighted by molar-refractivity contribution is 6.32. The molecule has 0 spiro atoms. The first-order valence-corrected chi connectivity index (χ1v) is 5.26. The second-order valence-electron chi connectivity index (χ2n) is 3.34. The van der Waals surface area contributed by atoms with Crippen molar-refractivity contribution in [1.82, 2.24) is 0 Å². The fraction of sp³-hybridized carbons (Fsp3) is 0.400. The highest BCUT2D eigenvalue weighted by Crippen LogP contribution is 2.32. The standard InChI is InChI=1S/C10H11ClF3NO3/c11-8-3-7(17-5-6(16)4-15)1-2-9(8)18-10(12,13)14/h1-3,6,16H,4-5,15H2. The van der Waals surface area contributed by atoms with Gasteiger partial charge in [-0.3, -0.25) is 0 Å². The molecule has 4 nitrogen and oxygen atoms in total. The summed E-state index contributed by atoms with van der Waals surface area (Å²) in [4.78, 5) is 0. The van der Waals surface area contributed by atoms with Gasteiger partial charge in [0.2, 0.25) is 0 Å². The van der Waals surface area contributed by atoms with Gasteiger partial charge >= 0.3 is 6.36 Å². The maximum atomic E-state index is 12.0. The summed E-state index contributed by atoms with van der Waals surface area (Å²) in [5, 5.41) is 8.90. The van der Waals surface area contributed by atoms with E-state index in [1.807, 2.05) is 0 Å². The van der Waals surface area contributed by atoms with E-state index in [2.05, 4.69) is 4.74 Å². The summed E-state index contributed by atoms with van der Waals surface area (Å²) >= 11 is 5.59. The van der Waals surface area contributed by atoms with Gasteiger partial charge in [-0.15, -0.1) is 13.2 Å². The van der Waals surface area contributed by atoms with Gasteiger partial charge in [0.25, 0.3) is 0 Å². The van der Waals surface area contributed by atoms with Crippen molar-refractivity contribution < 1.29 is 27.8 Å². The molecule has 0 aliphatic carbocycles. The lowest BCUT2D eigenvalue weighted by atomic mass is 10.3. The third-order valence-electron chi connectivity index (χ3n) is 1.84. The molecule has 0 saturated heterocycles. The minimum atomic E-state index is -4.80. The normalized spacial score (nSPS) is 13.2. The van der Waals surface area contributed by atoms with Gasteiger partial charge in [0.15, 0.2) is 0 Å². The predicted molar refractivity (Wildman–Crippen MR) is 58.7 cm³/mol. The van der Waals surface area contributed by atoms with Gasteiger partial charge in [0.1, 0.15) is 24.2 Å². The van der Waals surface area contributed by atoms with Crippen LogP contribution < -0.4 is 15.2 Å². The van der Waals surface area contributed by atoms with Crippen LogP contribution in [0.5, 0.6) is 11.5 Å². The van der Waals surface area contributed by atoms with E-state index in [1.54, 1.807) is 0 Å². The molecule has 1 rings (SSSR count). The third-order valence-corrected chi connectivity index (χ3v) is 2.14. The highest BCUT2D eigenvalue weighted by Gasteiger charge is 2.32. The average molecular weight is 286 g/mol. The Labute approximate surface area is 106 Å². The topological polar surface area (TPSA) is 64.7 Å². The van der Waals surface area contributed by atoms with E-state index in [4.69, 9.17) is 27.2 Å². The molecular weight excluding hydrogens is 275 g/mol. The Kier molecular flexibility index (Phi) is 5.06. The first kappa shape index (κ1) is 14.9. The van der Waals surface area contributed by atoms with Crippen molar-refractivity contribution in [1.29, 1.82) is 0 Å². The number of alkyl halides is 3. The number of rotatable bonds is 5. The molecule has 0 fully saturated rings. The van der Waals surface area contributed by atoms with Crippen LogP contribution in [-0.4, -0.2) is 30.7 Å². The smallest absolute Gasteiger partial charge is 0.491 e. The monoisotopic (exact) mass is 285 g/mol. The number of hydrogen-bond acceptors (Lipinski definition) is 4. The maximum Gasteiger partial charge on any atom is 0.573 e. The molecule has 0 aliphatic heterocycles. The van der Waals surface area contributed by atoms with Crippen molar-refractivity contribution in [3.63, 3.8) is 0 Å². The predicted octanol–water partition coefficient (Wildman–Crippen LogP) is 1.94. The Morgan fingerprint density at radius 2 is 2.06 bits per heavy atom. The molecular formula is C10H11ClF3NO3. The zero-order chi connectivity index (χ0) is 13.8. The summed E-state index contributed by atoms with van der Waals surface area (Å²) in [5.74, 6) is -0.307. The molecule has 0 saturated carbocycles. The minimum absolute atomic E-state index is 0.0169. The molecule has 0 aromatic heterocycles. The van der Waals surface area contributed by atoms with E-state index in [-0.39, 0.29) is 23.9 Å². The lowest BCUT2D eigenvalue weighted by molar-refractivity contribution is -0.274. The molecule has 3 N–H and O–H groups in total. The number of halogens is 4. The number of aliphatic hydroxyl groups excluding tert-OH is 1. The zero-order valence-electron chi connectivity index (χ0n) is 9.08. The Balaban J connectivity index is 2.67. The molecule has 1 aromatic carbocycles. The zero-order valence-corrected chi connectivity index (χ0v) is 9.83. The number of ether oxygens (including phenoxy) is 2. The van der Waals surface area contributed by atoms with Crippen molar-refractivity contribution in [3.05, 3.63) is 23.2 Å². The summed E-state index contributed by atoms with van der Waals surface area (Å²) in [6, 6.07) is 3.43. The second kappa shape index (κ2) is 6.12. The van der Waals surface area contributed by atoms with Gasteiger partial charge in [0, 0.05) is 12.6 Å². The van der Waals surface area contributed by atoms with Gasteiger partial charge in [-0.25, -0.2) is 0 Å². The van der Waals surface area contributed by atoms with E-state index in [0.717, 1.165) is 12.1 Å². The molecule has 1 atom stereocenters. The van der Waals surface area contributed by atoms with Crippen LogP contribution in [0.4, 0.5) is 13.2 Å². The van der Waals surface area contributed by atoms with Crippen LogP contribution in [0.15, 0.2) is 18.2 Å². The molecule has 0 radical (unpaired) electrons. The molecule has 8 heteroatoms. The fourth-order valence-corrected chi connectivity index (χ4v) is 1.25. The van der Waals surface area contributed by atoms with Crippen LogP contribution in [0, 0.1) is 0 Å². The van der Waals surface area contributed by atoms with Crippen molar-refractivity contribution >= 4 is 11.6 Å². The number of aliphatic hydroxyl groups is 1. The molecule has 102 valence electrons. The molecule has 0 heterocycles. The van der Waals surface area contributed by atoms with Gasteiger partial charge in [-0.05, 0) is 12.1 Å². The molecule has 0 amide bonds. The minimum Gasteiger partial charge on any atom is -0.491 e. The Morgan fingerprint density at radius 1 is 1.39 bits per heavy atom. The van der Waals surface area contributed by atoms with Crippen molar-refractivity contribution in [3.8, 4) is 11.5 Å². The van der Waals surface area contributed by atoms with Crippen LogP contribution in [-0.2, 0) is 0 Å². The van der Waals surface area contributed by atoms with Crippen molar-refractivity contribution in [2.75, 3.05) is 13.2 Å². The fourth-order valence-electron chi connectivity index (χ4n) is 1.04. The van der Waals surface area contributed by atoms with Crippen LogP contribution in [0.1, 0.15) is 0 Å². The highest BCUT2D eigenvalue weighted by atomic mass is 35.5. The van der Waals surface area contributed by atoms with E-state index in [0.29, 0.717) is 0 Å². The lowest BCUT2D eigenvalue weighted by Gasteiger charge is -2.13. The number of hydrogen-bond donors (Lipinski definition) is 2. The average Bonchev–Trinajstić information content (AvgIpc) is 2.27. The largest absolute Gasteiger partial charge is 0.573 e. The van der Waals surface area contributed by atoms with Crippen LogP contribution in [0.2, 0.25) is 5.02 Å². The van der Waals surface area contributed by atoms with Gasteiger partial charge in [-0.2, -0.15) is 0 Å². The maximum absolute atomic E-state index is 12.0. The molecule has 0 aliphatic rings. The van der Waals surface area contributed by atoms with E-state index < -0.39 is 18.2 Å². The van der Waals surface area contributed by atoms with Gasteiger partial charge < -0.3 is 20.3 Å². The lowest BCUT2D eigenvalue weighted by Crippen LogP contribution is -2.26. The first-order valence-electron chi connectivity index (χ1n) is 4.88. The summed E-state index contributed by atoms with van der Waals surface area (Å²) in [5.41, 5.74) is 5.16. The van der Waals surface area contributed by atoms with Gasteiger partial charge in [-0.1, -0.05) is 11.6 Å². The van der Waals surface area contributed by atoms with Crippen LogP contribution >= 0.6 is 11.6 Å². The Bertz CT molecular complexity index is 400. The third kappa shape index (κ3) is 4.99. The molecule has 18 heavy (non-hydrogen) atoms.